The number of hydrogen-bond donors (Lipinski definition) is 1. The summed E-state index contributed by atoms with van der Waals surface area (Å²) in [5.74, 6) is -0.0665. The number of aryl methyl sites for hydroxylation is 2. The van der Waals surface area contributed by atoms with E-state index in [0.717, 1.165) is 28.6 Å². The molecule has 2 fully saturated rings. The first-order valence-corrected chi connectivity index (χ1v) is 9.67. The summed E-state index contributed by atoms with van der Waals surface area (Å²) in [7, 11) is 0. The third kappa shape index (κ3) is 3.26. The third-order valence-electron chi connectivity index (χ3n) is 5.01. The van der Waals surface area contributed by atoms with Crippen LogP contribution >= 0.6 is 11.3 Å². The summed E-state index contributed by atoms with van der Waals surface area (Å²) in [6.45, 7) is 5.37. The van der Waals surface area contributed by atoms with Crippen LogP contribution in [0.2, 0.25) is 0 Å². The number of fused-ring (bicyclic) bond motifs is 1. The molecule has 4 rings (SSSR count). The van der Waals surface area contributed by atoms with Gasteiger partial charge in [-0.05, 0) is 32.4 Å². The van der Waals surface area contributed by atoms with Gasteiger partial charge in [-0.25, -0.2) is 4.98 Å². The molecule has 2 aliphatic rings. The summed E-state index contributed by atoms with van der Waals surface area (Å²) in [6.07, 6.45) is 1.05. The van der Waals surface area contributed by atoms with E-state index in [-0.39, 0.29) is 37.0 Å². The molecule has 2 aromatic rings. The van der Waals surface area contributed by atoms with E-state index in [1.165, 1.54) is 0 Å². The van der Waals surface area contributed by atoms with Gasteiger partial charge in [0.05, 0.1) is 24.3 Å². The van der Waals surface area contributed by atoms with Gasteiger partial charge in [-0.15, -0.1) is 11.3 Å². The number of likely N-dealkylation sites (tertiary alicyclic amines) is 1. The molecule has 2 aliphatic heterocycles. The summed E-state index contributed by atoms with van der Waals surface area (Å²) in [5, 5.41) is 5.76. The largest absolute Gasteiger partial charge is 0.366 e. The molecule has 4 heterocycles. The van der Waals surface area contributed by atoms with E-state index in [1.54, 1.807) is 16.2 Å². The van der Waals surface area contributed by atoms with Crippen molar-refractivity contribution in [3.8, 4) is 5.13 Å². The minimum atomic E-state index is -0.109. The van der Waals surface area contributed by atoms with Crippen LogP contribution in [0.25, 0.3) is 5.13 Å². The summed E-state index contributed by atoms with van der Waals surface area (Å²) in [6, 6.07) is 4.02. The number of carbonyl (C=O) groups excluding carboxylic acids is 2. The predicted octanol–water partition coefficient (Wildman–Crippen LogP) is 1.21. The van der Waals surface area contributed by atoms with Crippen LogP contribution in [0.1, 0.15) is 23.5 Å². The number of piperidine rings is 1. The highest BCUT2D eigenvalue weighted by Crippen LogP contribution is 2.22. The number of amides is 2. The van der Waals surface area contributed by atoms with Crippen LogP contribution in [-0.4, -0.2) is 58.1 Å². The molecule has 7 nitrogen and oxygen atoms in total. The first kappa shape index (κ1) is 17.2. The van der Waals surface area contributed by atoms with Crippen molar-refractivity contribution in [3.63, 3.8) is 0 Å². The molecule has 2 saturated heterocycles. The second-order valence-electron chi connectivity index (χ2n) is 6.90. The number of ether oxygens (including phenoxy) is 1. The fraction of sp³-hybridized carbons (Fsp3) is 0.500. The van der Waals surface area contributed by atoms with Crippen molar-refractivity contribution < 1.29 is 14.3 Å². The maximum absolute atomic E-state index is 12.7. The lowest BCUT2D eigenvalue weighted by molar-refractivity contribution is -0.146. The maximum Gasteiger partial charge on any atom is 0.246 e. The number of morpholine rings is 1. The average molecular weight is 374 g/mol. The summed E-state index contributed by atoms with van der Waals surface area (Å²) < 4.78 is 7.64. The van der Waals surface area contributed by atoms with Gasteiger partial charge in [-0.1, -0.05) is 0 Å². The lowest BCUT2D eigenvalue weighted by Gasteiger charge is -2.41. The highest BCUT2D eigenvalue weighted by Gasteiger charge is 2.36. The zero-order chi connectivity index (χ0) is 18.3. The zero-order valence-corrected chi connectivity index (χ0v) is 15.7. The average Bonchev–Trinajstić information content (AvgIpc) is 3.20. The molecule has 0 unspecified atom stereocenters. The minimum absolute atomic E-state index is 0.0160. The molecular weight excluding hydrogens is 352 g/mol. The number of nitrogens with one attached hydrogen (secondary N) is 1. The Hall–Kier alpha value is -2.19. The smallest absolute Gasteiger partial charge is 0.246 e. The van der Waals surface area contributed by atoms with E-state index in [4.69, 9.17) is 4.74 Å². The second-order valence-corrected chi connectivity index (χ2v) is 7.74. The van der Waals surface area contributed by atoms with Gasteiger partial charge in [0, 0.05) is 29.9 Å². The topological polar surface area (TPSA) is 76.5 Å². The quantitative estimate of drug-likeness (QED) is 0.876. The van der Waals surface area contributed by atoms with Crippen LogP contribution in [0.3, 0.4) is 0 Å². The van der Waals surface area contributed by atoms with Gasteiger partial charge in [-0.2, -0.15) is 0 Å². The van der Waals surface area contributed by atoms with Crippen LogP contribution < -0.4 is 5.32 Å². The normalized spacial score (nSPS) is 22.8. The predicted molar refractivity (Wildman–Crippen MR) is 97.5 cm³/mol. The van der Waals surface area contributed by atoms with Crippen LogP contribution in [0, 0.1) is 13.8 Å². The molecule has 8 heteroatoms. The number of rotatable bonds is 3. The van der Waals surface area contributed by atoms with Gasteiger partial charge in [-0.3, -0.25) is 14.2 Å². The van der Waals surface area contributed by atoms with Gasteiger partial charge in [0.1, 0.15) is 6.61 Å². The first-order valence-electron chi connectivity index (χ1n) is 8.80. The third-order valence-corrected chi connectivity index (χ3v) is 5.89. The van der Waals surface area contributed by atoms with Gasteiger partial charge < -0.3 is 15.0 Å². The maximum atomic E-state index is 12.7. The molecule has 26 heavy (non-hydrogen) atoms. The van der Waals surface area contributed by atoms with Crippen molar-refractivity contribution >= 4 is 23.2 Å². The van der Waals surface area contributed by atoms with Crippen molar-refractivity contribution in [2.75, 3.05) is 19.7 Å². The summed E-state index contributed by atoms with van der Waals surface area (Å²) in [4.78, 5) is 30.6. The molecule has 0 radical (unpaired) electrons. The highest BCUT2D eigenvalue weighted by atomic mass is 32.1. The molecule has 2 aromatic heterocycles. The van der Waals surface area contributed by atoms with Crippen molar-refractivity contribution in [2.45, 2.75) is 38.8 Å². The first-order chi connectivity index (χ1) is 12.5. The Balaban J connectivity index is 1.42. The minimum Gasteiger partial charge on any atom is -0.366 e. The van der Waals surface area contributed by atoms with Gasteiger partial charge in [0.25, 0.3) is 0 Å². The molecule has 2 amide bonds. The second kappa shape index (κ2) is 6.85. The van der Waals surface area contributed by atoms with Crippen molar-refractivity contribution in [2.24, 2.45) is 0 Å². The molecule has 0 saturated carbocycles. The van der Waals surface area contributed by atoms with Gasteiger partial charge in [0.2, 0.25) is 11.8 Å². The fourth-order valence-corrected chi connectivity index (χ4v) is 4.58. The van der Waals surface area contributed by atoms with E-state index in [2.05, 4.69) is 27.0 Å². The SMILES string of the molecule is Cc1ccc(C)n1-c1nc(CC(=O)N2CC[C@@H]3OCC(=O)N[C@H]3C2)cs1. The lowest BCUT2D eigenvalue weighted by Crippen LogP contribution is -2.61. The summed E-state index contributed by atoms with van der Waals surface area (Å²) in [5.41, 5.74) is 3.04. The highest BCUT2D eigenvalue weighted by molar-refractivity contribution is 7.12. The molecule has 1 N–H and O–H groups in total. The number of nitrogens with zero attached hydrogens (tertiary/aromatic N) is 3. The Labute approximate surface area is 156 Å². The van der Waals surface area contributed by atoms with Crippen LogP contribution in [0.4, 0.5) is 0 Å². The van der Waals surface area contributed by atoms with Crippen molar-refractivity contribution in [1.82, 2.24) is 19.8 Å². The number of thiazole rings is 1. The molecule has 0 spiro atoms. The Morgan fingerprint density at radius 3 is 2.92 bits per heavy atom. The summed E-state index contributed by atoms with van der Waals surface area (Å²) >= 11 is 1.55. The van der Waals surface area contributed by atoms with Gasteiger partial charge >= 0.3 is 0 Å². The molecule has 138 valence electrons. The Bertz CT molecular complexity index is 824. The zero-order valence-electron chi connectivity index (χ0n) is 14.9. The molecule has 0 aliphatic carbocycles. The number of hydrogen-bond acceptors (Lipinski definition) is 5. The molecule has 0 bridgehead atoms. The number of aromatic nitrogens is 2. The van der Waals surface area contributed by atoms with E-state index >= 15 is 0 Å². The molecule has 2 atom stereocenters. The monoisotopic (exact) mass is 374 g/mol. The van der Waals surface area contributed by atoms with Gasteiger partial charge in [0.15, 0.2) is 5.13 Å². The molecule has 0 aromatic carbocycles. The van der Waals surface area contributed by atoms with Crippen molar-refractivity contribution in [3.05, 3.63) is 34.6 Å². The standard InChI is InChI=1S/C18H22N4O3S/c1-11-3-4-12(2)22(11)18-19-13(10-26-18)7-17(24)21-6-5-15-14(8-21)20-16(23)9-25-15/h3-4,10,14-15H,5-9H2,1-2H3,(H,20,23)/t14-,15-/m0/s1. The van der Waals surface area contributed by atoms with Crippen molar-refractivity contribution in [1.29, 1.82) is 0 Å². The van der Waals surface area contributed by atoms with Crippen LogP contribution in [0.15, 0.2) is 17.5 Å². The number of carbonyl (C=O) groups is 2. The molecular formula is C18H22N4O3S. The fourth-order valence-electron chi connectivity index (χ4n) is 3.64. The Morgan fingerprint density at radius 2 is 2.15 bits per heavy atom. The van der Waals surface area contributed by atoms with Crippen LogP contribution in [-0.2, 0) is 20.7 Å². The van der Waals surface area contributed by atoms with E-state index in [0.29, 0.717) is 13.1 Å². The van der Waals surface area contributed by atoms with E-state index in [9.17, 15) is 9.59 Å². The van der Waals surface area contributed by atoms with Crippen LogP contribution in [0.5, 0.6) is 0 Å². The van der Waals surface area contributed by atoms with E-state index in [1.807, 2.05) is 19.2 Å². The Kier molecular flexibility index (Phi) is 4.54. The van der Waals surface area contributed by atoms with E-state index < -0.39 is 0 Å². The lowest BCUT2D eigenvalue weighted by atomic mass is 10.00. The Morgan fingerprint density at radius 1 is 1.38 bits per heavy atom.